The summed E-state index contributed by atoms with van der Waals surface area (Å²) < 4.78 is 0. The zero-order chi connectivity index (χ0) is 18.7. The number of amides is 1. The van der Waals surface area contributed by atoms with Crippen LogP contribution in [0.2, 0.25) is 5.02 Å². The van der Waals surface area contributed by atoms with E-state index in [9.17, 15) is 14.7 Å². The van der Waals surface area contributed by atoms with Crippen molar-refractivity contribution in [3.63, 3.8) is 0 Å². The standard InChI is InChI=1S/C21H22ClNO3/c1-14-6-5-9-19(22)17(14)11-20(24)23-12-16(18(13-23)21(25)26)10-15-7-3-2-4-8-15/h2-9,16,18H,10-13H2,1H3,(H,25,26)/t16-,18-/m1/s1. The molecule has 1 N–H and O–H groups in total. The monoisotopic (exact) mass is 371 g/mol. The van der Waals surface area contributed by atoms with Crippen molar-refractivity contribution in [3.05, 3.63) is 70.2 Å². The molecule has 2 aromatic rings. The largest absolute Gasteiger partial charge is 0.481 e. The van der Waals surface area contributed by atoms with Crippen molar-refractivity contribution in [1.29, 1.82) is 0 Å². The van der Waals surface area contributed by atoms with Crippen LogP contribution in [0.3, 0.4) is 0 Å². The number of likely N-dealkylation sites (tertiary alicyclic amines) is 1. The summed E-state index contributed by atoms with van der Waals surface area (Å²) in [6.07, 6.45) is 0.864. The Bertz CT molecular complexity index is 786. The lowest BCUT2D eigenvalue weighted by Crippen LogP contribution is -2.31. The Labute approximate surface area is 158 Å². The van der Waals surface area contributed by atoms with Crippen molar-refractivity contribution < 1.29 is 14.7 Å². The molecule has 1 amide bonds. The average molecular weight is 372 g/mol. The van der Waals surface area contributed by atoms with E-state index in [-0.39, 0.29) is 24.8 Å². The molecule has 2 aromatic carbocycles. The molecule has 0 radical (unpaired) electrons. The van der Waals surface area contributed by atoms with Crippen LogP contribution in [0, 0.1) is 18.8 Å². The number of hydrogen-bond acceptors (Lipinski definition) is 2. The number of carboxylic acids is 1. The number of rotatable bonds is 5. The second-order valence-corrected chi connectivity index (χ2v) is 7.31. The third-order valence-electron chi connectivity index (χ3n) is 5.13. The summed E-state index contributed by atoms with van der Waals surface area (Å²) in [4.78, 5) is 26.1. The van der Waals surface area contributed by atoms with E-state index in [4.69, 9.17) is 11.6 Å². The lowest BCUT2D eigenvalue weighted by molar-refractivity contribution is -0.142. The van der Waals surface area contributed by atoms with E-state index in [1.165, 1.54) is 0 Å². The Morgan fingerprint density at radius 1 is 1.12 bits per heavy atom. The van der Waals surface area contributed by atoms with Crippen LogP contribution in [0.1, 0.15) is 16.7 Å². The Morgan fingerprint density at radius 3 is 2.50 bits per heavy atom. The topological polar surface area (TPSA) is 57.6 Å². The predicted octanol–water partition coefficient (Wildman–Crippen LogP) is 3.59. The number of nitrogens with zero attached hydrogens (tertiary/aromatic N) is 1. The zero-order valence-electron chi connectivity index (χ0n) is 14.7. The minimum absolute atomic E-state index is 0.0667. The summed E-state index contributed by atoms with van der Waals surface area (Å²) in [6, 6.07) is 15.4. The Morgan fingerprint density at radius 2 is 1.85 bits per heavy atom. The highest BCUT2D eigenvalue weighted by Gasteiger charge is 2.39. The maximum Gasteiger partial charge on any atom is 0.308 e. The van der Waals surface area contributed by atoms with Crippen LogP contribution in [0.5, 0.6) is 0 Å². The van der Waals surface area contributed by atoms with Gasteiger partial charge >= 0.3 is 5.97 Å². The van der Waals surface area contributed by atoms with Crippen LogP contribution >= 0.6 is 11.6 Å². The first-order chi connectivity index (χ1) is 12.5. The molecule has 2 atom stereocenters. The molecule has 1 aliphatic heterocycles. The fourth-order valence-corrected chi connectivity index (χ4v) is 3.92. The number of benzene rings is 2. The van der Waals surface area contributed by atoms with Gasteiger partial charge in [0.15, 0.2) is 0 Å². The van der Waals surface area contributed by atoms with Gasteiger partial charge < -0.3 is 10.0 Å². The first-order valence-corrected chi connectivity index (χ1v) is 9.12. The van der Waals surface area contributed by atoms with Gasteiger partial charge in [-0.05, 0) is 42.0 Å². The number of halogens is 1. The van der Waals surface area contributed by atoms with Crippen LogP contribution in [0.4, 0.5) is 0 Å². The van der Waals surface area contributed by atoms with Gasteiger partial charge in [0.05, 0.1) is 12.3 Å². The lowest BCUT2D eigenvalue weighted by Gasteiger charge is -2.18. The number of carbonyl (C=O) groups excluding carboxylic acids is 1. The normalized spacial score (nSPS) is 19.5. The summed E-state index contributed by atoms with van der Waals surface area (Å²) >= 11 is 6.23. The summed E-state index contributed by atoms with van der Waals surface area (Å²) in [5, 5.41) is 10.2. The Kier molecular flexibility index (Phi) is 5.62. The van der Waals surface area contributed by atoms with E-state index in [0.29, 0.717) is 18.0 Å². The number of hydrogen-bond donors (Lipinski definition) is 1. The molecule has 0 saturated carbocycles. The number of carboxylic acid groups (broad SMARTS) is 1. The van der Waals surface area contributed by atoms with E-state index in [0.717, 1.165) is 16.7 Å². The van der Waals surface area contributed by atoms with Gasteiger partial charge in [-0.15, -0.1) is 0 Å². The van der Waals surface area contributed by atoms with Gasteiger partial charge in [0.1, 0.15) is 0 Å². The summed E-state index contributed by atoms with van der Waals surface area (Å²) in [7, 11) is 0. The molecule has 4 nitrogen and oxygen atoms in total. The highest BCUT2D eigenvalue weighted by atomic mass is 35.5. The minimum atomic E-state index is -0.838. The van der Waals surface area contributed by atoms with Crippen LogP contribution in [0.15, 0.2) is 48.5 Å². The van der Waals surface area contributed by atoms with Crippen LogP contribution in [-0.2, 0) is 22.4 Å². The van der Waals surface area contributed by atoms with E-state index in [2.05, 4.69) is 0 Å². The molecule has 1 heterocycles. The van der Waals surface area contributed by atoms with Crippen molar-refractivity contribution in [2.75, 3.05) is 13.1 Å². The van der Waals surface area contributed by atoms with E-state index in [1.807, 2.05) is 49.4 Å². The van der Waals surface area contributed by atoms with Crippen molar-refractivity contribution >= 4 is 23.5 Å². The van der Waals surface area contributed by atoms with Crippen LogP contribution in [-0.4, -0.2) is 35.0 Å². The van der Waals surface area contributed by atoms with Crippen molar-refractivity contribution in [1.82, 2.24) is 4.90 Å². The molecule has 3 rings (SSSR count). The first-order valence-electron chi connectivity index (χ1n) is 8.74. The minimum Gasteiger partial charge on any atom is -0.481 e. The number of aliphatic carboxylic acids is 1. The van der Waals surface area contributed by atoms with Crippen molar-refractivity contribution in [3.8, 4) is 0 Å². The SMILES string of the molecule is Cc1cccc(Cl)c1CC(=O)N1C[C@@H](Cc2ccccc2)[C@H](C(=O)O)C1. The third-order valence-corrected chi connectivity index (χ3v) is 5.49. The van der Waals surface area contributed by atoms with Gasteiger partial charge in [-0.1, -0.05) is 54.1 Å². The Balaban J connectivity index is 1.72. The molecule has 0 unspecified atom stereocenters. The maximum atomic E-state index is 12.8. The van der Waals surface area contributed by atoms with Crippen LogP contribution in [0.25, 0.3) is 0 Å². The molecule has 0 spiro atoms. The van der Waals surface area contributed by atoms with Gasteiger partial charge in [-0.3, -0.25) is 9.59 Å². The Hall–Kier alpha value is -2.33. The van der Waals surface area contributed by atoms with Crippen LogP contribution < -0.4 is 0 Å². The molecule has 1 saturated heterocycles. The highest BCUT2D eigenvalue weighted by molar-refractivity contribution is 6.31. The van der Waals surface area contributed by atoms with E-state index in [1.54, 1.807) is 11.0 Å². The smallest absolute Gasteiger partial charge is 0.308 e. The molecular formula is C21H22ClNO3. The lowest BCUT2D eigenvalue weighted by atomic mass is 9.90. The fourth-order valence-electron chi connectivity index (χ4n) is 3.63. The molecule has 0 aromatic heterocycles. The van der Waals surface area contributed by atoms with Crippen molar-refractivity contribution in [2.45, 2.75) is 19.8 Å². The van der Waals surface area contributed by atoms with Gasteiger partial charge in [0, 0.05) is 18.1 Å². The van der Waals surface area contributed by atoms with Gasteiger partial charge in [0.25, 0.3) is 0 Å². The summed E-state index contributed by atoms with van der Waals surface area (Å²) in [6.45, 7) is 2.65. The second-order valence-electron chi connectivity index (χ2n) is 6.91. The third kappa shape index (κ3) is 4.07. The summed E-state index contributed by atoms with van der Waals surface area (Å²) in [5.41, 5.74) is 2.89. The van der Waals surface area contributed by atoms with E-state index < -0.39 is 11.9 Å². The molecular weight excluding hydrogens is 350 g/mol. The van der Waals surface area contributed by atoms with Crippen molar-refractivity contribution in [2.24, 2.45) is 11.8 Å². The molecule has 0 aliphatic carbocycles. The average Bonchev–Trinajstić information content (AvgIpc) is 3.03. The van der Waals surface area contributed by atoms with Gasteiger partial charge in [0.2, 0.25) is 5.91 Å². The first kappa shape index (κ1) is 18.5. The molecule has 5 heteroatoms. The predicted molar refractivity (Wildman–Crippen MR) is 101 cm³/mol. The molecule has 26 heavy (non-hydrogen) atoms. The number of aryl methyl sites for hydroxylation is 1. The molecule has 136 valence electrons. The number of carbonyl (C=O) groups is 2. The highest BCUT2D eigenvalue weighted by Crippen LogP contribution is 2.29. The van der Waals surface area contributed by atoms with Gasteiger partial charge in [-0.2, -0.15) is 0 Å². The molecule has 1 aliphatic rings. The summed E-state index contributed by atoms with van der Waals surface area (Å²) in [5.74, 6) is -1.52. The quantitative estimate of drug-likeness (QED) is 0.873. The van der Waals surface area contributed by atoms with Gasteiger partial charge in [-0.25, -0.2) is 0 Å². The maximum absolute atomic E-state index is 12.8. The van der Waals surface area contributed by atoms with E-state index >= 15 is 0 Å². The molecule has 0 bridgehead atoms. The fraction of sp³-hybridized carbons (Fsp3) is 0.333. The molecule has 1 fully saturated rings. The zero-order valence-corrected chi connectivity index (χ0v) is 15.4. The second kappa shape index (κ2) is 7.92.